The zero-order valence-electron chi connectivity index (χ0n) is 14.2. The highest BCUT2D eigenvalue weighted by Gasteiger charge is 2.11. The Hall–Kier alpha value is -2.89. The lowest BCUT2D eigenvalue weighted by molar-refractivity contribution is -0.120. The van der Waals surface area contributed by atoms with Crippen LogP contribution in [0.3, 0.4) is 0 Å². The molecule has 2 rings (SSSR count). The first-order chi connectivity index (χ1) is 12.1. The predicted octanol–water partition coefficient (Wildman–Crippen LogP) is 2.20. The van der Waals surface area contributed by atoms with Crippen molar-refractivity contribution in [2.75, 3.05) is 31.6 Å². The Morgan fingerprint density at radius 3 is 2.40 bits per heavy atom. The monoisotopic (exact) mass is 343 g/mol. The van der Waals surface area contributed by atoms with E-state index in [2.05, 4.69) is 15.5 Å². The molecular weight excluding hydrogens is 321 g/mol. The van der Waals surface area contributed by atoms with Gasteiger partial charge in [0.25, 0.3) is 5.91 Å². The third kappa shape index (κ3) is 5.91. The smallest absolute Gasteiger partial charge is 0.254 e. The van der Waals surface area contributed by atoms with Gasteiger partial charge in [0.2, 0.25) is 5.91 Å². The van der Waals surface area contributed by atoms with Crippen molar-refractivity contribution >= 4 is 17.5 Å². The van der Waals surface area contributed by atoms with Crippen molar-refractivity contribution in [1.29, 1.82) is 0 Å². The molecule has 0 saturated carbocycles. The van der Waals surface area contributed by atoms with E-state index in [-0.39, 0.29) is 18.0 Å². The van der Waals surface area contributed by atoms with Gasteiger partial charge in [-0.2, -0.15) is 0 Å². The molecule has 2 N–H and O–H groups in total. The van der Waals surface area contributed by atoms with Crippen molar-refractivity contribution in [3.63, 3.8) is 0 Å². The average Bonchev–Trinajstić information content (AvgIpc) is 2.64. The van der Waals surface area contributed by atoms with E-state index in [9.17, 15) is 14.0 Å². The minimum atomic E-state index is -0.607. The van der Waals surface area contributed by atoms with Gasteiger partial charge in [0.05, 0.1) is 12.1 Å². The van der Waals surface area contributed by atoms with Crippen molar-refractivity contribution < 1.29 is 14.0 Å². The van der Waals surface area contributed by atoms with Crippen LogP contribution in [-0.2, 0) is 4.79 Å². The van der Waals surface area contributed by atoms with Gasteiger partial charge >= 0.3 is 0 Å². The lowest BCUT2D eigenvalue weighted by atomic mass is 10.2. The number of carbonyl (C=O) groups is 2. The number of nitrogens with zero attached hydrogens (tertiary/aromatic N) is 1. The van der Waals surface area contributed by atoms with Crippen LogP contribution >= 0.6 is 0 Å². The van der Waals surface area contributed by atoms with Crippen LogP contribution < -0.4 is 15.5 Å². The molecular formula is C19H22FN3O2. The van der Waals surface area contributed by atoms with Gasteiger partial charge in [0.15, 0.2) is 0 Å². The van der Waals surface area contributed by atoms with E-state index in [1.54, 1.807) is 6.07 Å². The van der Waals surface area contributed by atoms with Gasteiger partial charge in [-0.05, 0) is 30.7 Å². The molecule has 0 atom stereocenters. The van der Waals surface area contributed by atoms with Gasteiger partial charge in [-0.25, -0.2) is 4.39 Å². The summed E-state index contributed by atoms with van der Waals surface area (Å²) in [6, 6.07) is 15.6. The van der Waals surface area contributed by atoms with Gasteiger partial charge in [-0.1, -0.05) is 30.3 Å². The second-order valence-corrected chi connectivity index (χ2v) is 5.62. The van der Waals surface area contributed by atoms with Crippen molar-refractivity contribution in [1.82, 2.24) is 10.6 Å². The van der Waals surface area contributed by atoms with Crippen LogP contribution in [0.2, 0.25) is 0 Å². The summed E-state index contributed by atoms with van der Waals surface area (Å²) in [5, 5.41) is 5.15. The fraction of sp³-hybridized carbons (Fsp3) is 0.263. The molecule has 0 radical (unpaired) electrons. The SMILES string of the molecule is CN(CCCNC(=O)CNC(=O)c1ccccc1F)c1ccccc1. The lowest BCUT2D eigenvalue weighted by Crippen LogP contribution is -2.38. The summed E-state index contributed by atoms with van der Waals surface area (Å²) in [7, 11) is 1.99. The van der Waals surface area contributed by atoms with Crippen LogP contribution in [0.25, 0.3) is 0 Å². The number of amides is 2. The minimum Gasteiger partial charge on any atom is -0.375 e. The molecule has 0 heterocycles. The highest BCUT2D eigenvalue weighted by Crippen LogP contribution is 2.10. The second kappa shape index (κ2) is 9.42. The highest BCUT2D eigenvalue weighted by atomic mass is 19.1. The maximum Gasteiger partial charge on any atom is 0.254 e. The maximum absolute atomic E-state index is 13.5. The Bertz CT molecular complexity index is 707. The lowest BCUT2D eigenvalue weighted by Gasteiger charge is -2.19. The number of carbonyl (C=O) groups excluding carboxylic acids is 2. The minimum absolute atomic E-state index is 0.0696. The third-order valence-electron chi connectivity index (χ3n) is 3.72. The number of rotatable bonds is 8. The Kier molecular flexibility index (Phi) is 6.95. The number of para-hydroxylation sites is 1. The molecule has 0 aliphatic rings. The first-order valence-corrected chi connectivity index (χ1v) is 8.13. The van der Waals surface area contributed by atoms with Crippen LogP contribution in [0.1, 0.15) is 16.8 Å². The number of hydrogen-bond donors (Lipinski definition) is 2. The summed E-state index contributed by atoms with van der Waals surface area (Å²) in [5.41, 5.74) is 1.05. The largest absolute Gasteiger partial charge is 0.375 e. The molecule has 0 unspecified atom stereocenters. The van der Waals surface area contributed by atoms with Gasteiger partial charge in [-0.15, -0.1) is 0 Å². The molecule has 0 fully saturated rings. The summed E-state index contributed by atoms with van der Waals surface area (Å²) in [4.78, 5) is 25.7. The van der Waals surface area contributed by atoms with Crippen LogP contribution in [-0.4, -0.2) is 38.5 Å². The van der Waals surface area contributed by atoms with E-state index in [1.807, 2.05) is 37.4 Å². The first-order valence-electron chi connectivity index (χ1n) is 8.13. The first kappa shape index (κ1) is 18.4. The molecule has 0 saturated heterocycles. The van der Waals surface area contributed by atoms with Crippen LogP contribution in [0, 0.1) is 5.82 Å². The summed E-state index contributed by atoms with van der Waals surface area (Å²) >= 11 is 0. The number of anilines is 1. The Balaban J connectivity index is 1.64. The van der Waals surface area contributed by atoms with E-state index in [1.165, 1.54) is 18.2 Å². The fourth-order valence-electron chi connectivity index (χ4n) is 2.32. The molecule has 5 nitrogen and oxygen atoms in total. The summed E-state index contributed by atoms with van der Waals surface area (Å²) < 4.78 is 13.5. The maximum atomic E-state index is 13.5. The topological polar surface area (TPSA) is 61.4 Å². The van der Waals surface area contributed by atoms with Gasteiger partial charge in [0.1, 0.15) is 5.82 Å². The Labute approximate surface area is 146 Å². The molecule has 0 aliphatic heterocycles. The molecule has 0 bridgehead atoms. The molecule has 6 heteroatoms. The number of halogens is 1. The zero-order chi connectivity index (χ0) is 18.1. The van der Waals surface area contributed by atoms with Crippen LogP contribution in [0.15, 0.2) is 54.6 Å². The zero-order valence-corrected chi connectivity index (χ0v) is 14.2. The van der Waals surface area contributed by atoms with E-state index in [0.29, 0.717) is 6.54 Å². The molecule has 2 aromatic rings. The molecule has 2 amide bonds. The Morgan fingerprint density at radius 2 is 1.68 bits per heavy atom. The molecule has 132 valence electrons. The van der Waals surface area contributed by atoms with Crippen molar-refractivity contribution in [3.05, 3.63) is 66.0 Å². The van der Waals surface area contributed by atoms with Crippen molar-refractivity contribution in [2.45, 2.75) is 6.42 Å². The molecule has 2 aromatic carbocycles. The molecule has 0 aliphatic carbocycles. The second-order valence-electron chi connectivity index (χ2n) is 5.62. The van der Waals surface area contributed by atoms with E-state index in [4.69, 9.17) is 0 Å². The quantitative estimate of drug-likeness (QED) is 0.723. The number of benzene rings is 2. The van der Waals surface area contributed by atoms with Gasteiger partial charge < -0.3 is 15.5 Å². The molecule has 25 heavy (non-hydrogen) atoms. The highest BCUT2D eigenvalue weighted by molar-refractivity contribution is 5.96. The van der Waals surface area contributed by atoms with Crippen LogP contribution in [0.4, 0.5) is 10.1 Å². The number of nitrogens with one attached hydrogen (secondary N) is 2. The third-order valence-corrected chi connectivity index (χ3v) is 3.72. The molecule has 0 spiro atoms. The average molecular weight is 343 g/mol. The summed E-state index contributed by atoms with van der Waals surface area (Å²) in [6.45, 7) is 1.12. The molecule has 0 aromatic heterocycles. The van der Waals surface area contributed by atoms with Crippen LogP contribution in [0.5, 0.6) is 0 Å². The summed E-state index contributed by atoms with van der Waals surface area (Å²) in [5.74, 6) is -1.51. The Morgan fingerprint density at radius 1 is 1.00 bits per heavy atom. The van der Waals surface area contributed by atoms with Gasteiger partial charge in [0, 0.05) is 25.8 Å². The van der Waals surface area contributed by atoms with E-state index in [0.717, 1.165) is 18.7 Å². The van der Waals surface area contributed by atoms with E-state index >= 15 is 0 Å². The normalized spacial score (nSPS) is 10.2. The van der Waals surface area contributed by atoms with Crippen molar-refractivity contribution in [3.8, 4) is 0 Å². The van der Waals surface area contributed by atoms with E-state index < -0.39 is 11.7 Å². The standard InChI is InChI=1S/C19H22FN3O2/c1-23(15-8-3-2-4-9-15)13-7-12-21-18(24)14-22-19(25)16-10-5-6-11-17(16)20/h2-6,8-11H,7,12-14H2,1H3,(H,21,24)(H,22,25). The van der Waals surface area contributed by atoms with Crippen molar-refractivity contribution in [2.24, 2.45) is 0 Å². The van der Waals surface area contributed by atoms with Gasteiger partial charge in [-0.3, -0.25) is 9.59 Å². The fourth-order valence-corrected chi connectivity index (χ4v) is 2.32. The summed E-state index contributed by atoms with van der Waals surface area (Å²) in [6.07, 6.45) is 0.776. The predicted molar refractivity (Wildman–Crippen MR) is 96.1 cm³/mol. The number of hydrogen-bond acceptors (Lipinski definition) is 3.